The van der Waals surface area contributed by atoms with Crippen molar-refractivity contribution in [2.24, 2.45) is 0 Å². The minimum absolute atomic E-state index is 0.0162. The molecule has 1 aliphatic rings. The van der Waals surface area contributed by atoms with E-state index in [9.17, 15) is 14.4 Å². The van der Waals surface area contributed by atoms with E-state index in [1.807, 2.05) is 30.3 Å². The molecular formula is C29H38BrNO8. The molecule has 3 rings (SSSR count). The fraction of sp³-hybridized carbons (Fsp3) is 0.552. The van der Waals surface area contributed by atoms with Gasteiger partial charge >= 0.3 is 12.1 Å². The first-order chi connectivity index (χ1) is 18.9. The lowest BCUT2D eigenvalue weighted by molar-refractivity contribution is -0.164. The second-order valence-corrected chi connectivity index (χ2v) is 10.5. The maximum absolute atomic E-state index is 13.7. The van der Waals surface area contributed by atoms with Crippen molar-refractivity contribution in [2.45, 2.75) is 83.0 Å². The van der Waals surface area contributed by atoms with Crippen LogP contribution in [0.2, 0.25) is 0 Å². The van der Waals surface area contributed by atoms with Crippen molar-refractivity contribution in [3.05, 3.63) is 58.0 Å². The fourth-order valence-corrected chi connectivity index (χ4v) is 5.22. The van der Waals surface area contributed by atoms with E-state index < -0.39 is 36.2 Å². The van der Waals surface area contributed by atoms with Gasteiger partial charge in [0.1, 0.15) is 24.2 Å². The Bertz CT molecular complexity index is 1070. The molecule has 0 bridgehead atoms. The number of imide groups is 1. The Morgan fingerprint density at radius 2 is 1.72 bits per heavy atom. The lowest BCUT2D eigenvalue weighted by Crippen LogP contribution is -2.45. The van der Waals surface area contributed by atoms with Crippen molar-refractivity contribution < 1.29 is 38.1 Å². The molecule has 3 atom stereocenters. The molecule has 39 heavy (non-hydrogen) atoms. The van der Waals surface area contributed by atoms with Gasteiger partial charge in [0.15, 0.2) is 12.2 Å². The van der Waals surface area contributed by atoms with Gasteiger partial charge in [0.25, 0.3) is 5.91 Å². The highest BCUT2D eigenvalue weighted by molar-refractivity contribution is 9.10. The van der Waals surface area contributed by atoms with Gasteiger partial charge in [-0.3, -0.25) is 9.59 Å². The van der Waals surface area contributed by atoms with Gasteiger partial charge in [-0.05, 0) is 40.4 Å². The summed E-state index contributed by atoms with van der Waals surface area (Å²) in [5.74, 6) is -0.366. The van der Waals surface area contributed by atoms with Gasteiger partial charge in [0.2, 0.25) is 0 Å². The summed E-state index contributed by atoms with van der Waals surface area (Å²) < 4.78 is 23.0. The molecule has 10 heteroatoms. The van der Waals surface area contributed by atoms with E-state index in [0.717, 1.165) is 55.4 Å². The number of esters is 1. The zero-order valence-electron chi connectivity index (χ0n) is 22.6. The number of ether oxygens (including phenoxy) is 3. The number of aliphatic hydroxyl groups excluding tert-OH is 1. The lowest BCUT2D eigenvalue weighted by atomic mass is 10.0. The summed E-state index contributed by atoms with van der Waals surface area (Å²) in [7, 11) is 1.32. The molecule has 1 fully saturated rings. The highest BCUT2D eigenvalue weighted by Crippen LogP contribution is 2.35. The van der Waals surface area contributed by atoms with Crippen LogP contribution in [0.5, 0.6) is 0 Å². The van der Waals surface area contributed by atoms with E-state index in [1.54, 1.807) is 6.07 Å². The van der Waals surface area contributed by atoms with E-state index in [0.29, 0.717) is 16.7 Å². The summed E-state index contributed by atoms with van der Waals surface area (Å²) in [5.41, 5.74) is 0.740. The van der Waals surface area contributed by atoms with Crippen molar-refractivity contribution in [1.29, 1.82) is 0 Å². The molecule has 1 N–H and O–H groups in total. The lowest BCUT2D eigenvalue weighted by Gasteiger charge is -2.28. The van der Waals surface area contributed by atoms with Crippen LogP contribution in [-0.2, 0) is 30.2 Å². The monoisotopic (exact) mass is 607 g/mol. The average molecular weight is 609 g/mol. The molecular weight excluding hydrogens is 570 g/mol. The Morgan fingerprint density at radius 1 is 1.08 bits per heavy atom. The van der Waals surface area contributed by atoms with Crippen LogP contribution in [0.15, 0.2) is 45.3 Å². The molecule has 0 spiro atoms. The summed E-state index contributed by atoms with van der Waals surface area (Å²) in [4.78, 5) is 39.3. The van der Waals surface area contributed by atoms with Gasteiger partial charge in [-0.15, -0.1) is 0 Å². The van der Waals surface area contributed by atoms with Gasteiger partial charge in [-0.1, -0.05) is 68.9 Å². The summed E-state index contributed by atoms with van der Waals surface area (Å²) in [5, 5.41) is 8.85. The van der Waals surface area contributed by atoms with E-state index in [4.69, 9.17) is 23.7 Å². The van der Waals surface area contributed by atoms with E-state index >= 15 is 0 Å². The maximum Gasteiger partial charge on any atom is 0.417 e. The zero-order valence-corrected chi connectivity index (χ0v) is 24.2. The van der Waals surface area contributed by atoms with Gasteiger partial charge in [-0.25, -0.2) is 9.69 Å². The molecule has 214 valence electrons. The molecule has 2 heterocycles. The number of nitrogens with zero attached hydrogens (tertiary/aromatic N) is 1. The number of carbonyl (C=O) groups excluding carboxylic acids is 3. The number of hydrogen-bond donors (Lipinski definition) is 1. The number of methoxy groups -OCH3 is 1. The summed E-state index contributed by atoms with van der Waals surface area (Å²) in [6.45, 7) is 1.52. The molecule has 0 unspecified atom stereocenters. The number of amides is 2. The van der Waals surface area contributed by atoms with Crippen LogP contribution in [0.4, 0.5) is 4.79 Å². The molecule has 0 saturated carbocycles. The minimum Gasteiger partial charge on any atom is -0.461 e. The molecule has 9 nitrogen and oxygen atoms in total. The molecule has 1 aromatic heterocycles. The smallest absolute Gasteiger partial charge is 0.417 e. The van der Waals surface area contributed by atoms with E-state index in [2.05, 4.69) is 15.9 Å². The predicted octanol–water partition coefficient (Wildman–Crippen LogP) is 6.04. The van der Waals surface area contributed by atoms with Crippen LogP contribution < -0.4 is 0 Å². The van der Waals surface area contributed by atoms with Crippen LogP contribution in [0.3, 0.4) is 0 Å². The Kier molecular flexibility index (Phi) is 12.5. The maximum atomic E-state index is 13.7. The standard InChI is InChI=1S/C29H38BrNO8/c1-20(33)38-26(25-18-22(30)24(39-25)16-12-7-5-3-4-6-8-13-17-32)27(36-2)28(34)31-23(19-37-29(31)35)21-14-10-9-11-15-21/h9-11,14-15,18,23,26-27,32H,3-8,12-13,16-17,19H2,1-2H3/t23-,26-,27+/m0/s1. The number of aliphatic hydroxyl groups is 1. The number of unbranched alkanes of at least 4 members (excludes halogenated alkanes) is 7. The van der Waals surface area contributed by atoms with Crippen molar-refractivity contribution >= 4 is 33.9 Å². The number of carbonyl (C=O) groups is 3. The average Bonchev–Trinajstić information content (AvgIpc) is 3.49. The normalized spacial score (nSPS) is 16.7. The first-order valence-electron chi connectivity index (χ1n) is 13.5. The first-order valence-corrected chi connectivity index (χ1v) is 14.3. The number of halogens is 1. The SMILES string of the molecule is CO[C@@H](C(=O)N1C(=O)OC[C@H]1c1ccccc1)[C@@H](OC(C)=O)c1cc(Br)c(CCCCCCCCCCO)o1. The Balaban J connectivity index is 1.69. The predicted molar refractivity (Wildman–Crippen MR) is 147 cm³/mol. The molecule has 1 aliphatic heterocycles. The van der Waals surface area contributed by atoms with Crippen molar-refractivity contribution in [2.75, 3.05) is 20.3 Å². The van der Waals surface area contributed by atoms with E-state index in [1.165, 1.54) is 20.5 Å². The van der Waals surface area contributed by atoms with Crippen LogP contribution >= 0.6 is 15.9 Å². The second-order valence-electron chi connectivity index (χ2n) is 9.62. The third kappa shape index (κ3) is 8.65. The van der Waals surface area contributed by atoms with Crippen LogP contribution in [0.1, 0.15) is 87.5 Å². The molecule has 2 aromatic rings. The van der Waals surface area contributed by atoms with Gasteiger partial charge < -0.3 is 23.7 Å². The Hall–Kier alpha value is -2.69. The first kappa shape index (κ1) is 30.8. The molecule has 0 radical (unpaired) electrons. The molecule has 2 amide bonds. The van der Waals surface area contributed by atoms with Gasteiger partial charge in [0.05, 0.1) is 4.47 Å². The molecule has 1 aromatic carbocycles. The minimum atomic E-state index is -1.33. The Labute approximate surface area is 237 Å². The number of furan rings is 1. The zero-order chi connectivity index (χ0) is 28.2. The summed E-state index contributed by atoms with van der Waals surface area (Å²) in [6, 6.07) is 10.2. The summed E-state index contributed by atoms with van der Waals surface area (Å²) >= 11 is 3.53. The Morgan fingerprint density at radius 3 is 2.33 bits per heavy atom. The third-order valence-corrected chi connectivity index (χ3v) is 7.40. The number of hydrogen-bond acceptors (Lipinski definition) is 8. The molecule has 1 saturated heterocycles. The van der Waals surface area contributed by atoms with E-state index in [-0.39, 0.29) is 19.0 Å². The quantitative estimate of drug-likeness (QED) is 0.181. The van der Waals surface area contributed by atoms with Crippen molar-refractivity contribution in [3.63, 3.8) is 0 Å². The van der Waals surface area contributed by atoms with Gasteiger partial charge in [-0.2, -0.15) is 0 Å². The fourth-order valence-electron chi connectivity index (χ4n) is 4.72. The number of benzene rings is 1. The molecule has 0 aliphatic carbocycles. The number of cyclic esters (lactones) is 1. The topological polar surface area (TPSA) is 116 Å². The summed E-state index contributed by atoms with van der Waals surface area (Å²) in [6.07, 6.45) is 5.86. The highest BCUT2D eigenvalue weighted by atomic mass is 79.9. The van der Waals surface area contributed by atoms with Crippen LogP contribution in [-0.4, -0.2) is 54.4 Å². The van der Waals surface area contributed by atoms with Crippen molar-refractivity contribution in [1.82, 2.24) is 4.90 Å². The third-order valence-electron chi connectivity index (χ3n) is 6.73. The number of aryl methyl sites for hydroxylation is 1. The van der Waals surface area contributed by atoms with Gasteiger partial charge in [0, 0.05) is 27.1 Å². The van der Waals surface area contributed by atoms with Crippen LogP contribution in [0, 0.1) is 0 Å². The largest absolute Gasteiger partial charge is 0.461 e. The second kappa shape index (κ2) is 15.8. The van der Waals surface area contributed by atoms with Crippen molar-refractivity contribution in [3.8, 4) is 0 Å². The highest BCUT2D eigenvalue weighted by Gasteiger charge is 2.46. The number of rotatable bonds is 16. The van der Waals surface area contributed by atoms with Crippen LogP contribution in [0.25, 0.3) is 0 Å².